The van der Waals surface area contributed by atoms with Gasteiger partial charge in [0.25, 0.3) is 5.91 Å². The fourth-order valence-electron chi connectivity index (χ4n) is 0.956. The van der Waals surface area contributed by atoms with E-state index >= 15 is 0 Å². The summed E-state index contributed by atoms with van der Waals surface area (Å²) in [4.78, 5) is 12.5. The summed E-state index contributed by atoms with van der Waals surface area (Å²) >= 11 is 0. The number of carbonyl (C=O) groups is 1. The van der Waals surface area contributed by atoms with Crippen molar-refractivity contribution in [3.8, 4) is 0 Å². The van der Waals surface area contributed by atoms with Crippen molar-refractivity contribution in [2.24, 2.45) is 5.41 Å². The van der Waals surface area contributed by atoms with Crippen LogP contribution in [-0.2, 0) is 4.79 Å². The van der Waals surface area contributed by atoms with E-state index in [9.17, 15) is 9.18 Å². The minimum atomic E-state index is -0.887. The zero-order valence-corrected chi connectivity index (χ0v) is 9.56. The maximum absolute atomic E-state index is 12.5. The highest BCUT2D eigenvalue weighted by Crippen LogP contribution is 2.24. The van der Waals surface area contributed by atoms with Crippen LogP contribution in [0.2, 0.25) is 0 Å². The molecule has 0 fully saturated rings. The molecule has 0 N–H and O–H groups in total. The third-order valence-electron chi connectivity index (χ3n) is 2.66. The Morgan fingerprint density at radius 3 is 2.36 bits per heavy atom. The molecule has 0 aliphatic carbocycles. The van der Waals surface area contributed by atoms with Crippen molar-refractivity contribution in [1.82, 2.24) is 4.90 Å². The van der Waals surface area contributed by atoms with Gasteiger partial charge in [0.15, 0.2) is 5.83 Å². The van der Waals surface area contributed by atoms with Crippen molar-refractivity contribution in [3.05, 3.63) is 12.4 Å². The van der Waals surface area contributed by atoms with E-state index in [0.717, 1.165) is 12.8 Å². The molecule has 0 atom stereocenters. The van der Waals surface area contributed by atoms with Crippen molar-refractivity contribution < 1.29 is 9.18 Å². The van der Waals surface area contributed by atoms with Crippen molar-refractivity contribution in [3.63, 3.8) is 0 Å². The number of hydrogen-bond acceptors (Lipinski definition) is 1. The minimum Gasteiger partial charge on any atom is -0.340 e. The molecule has 0 saturated heterocycles. The topological polar surface area (TPSA) is 20.3 Å². The molecular weight excluding hydrogens is 181 g/mol. The van der Waals surface area contributed by atoms with Crippen LogP contribution < -0.4 is 0 Å². The average Bonchev–Trinajstić information content (AvgIpc) is 2.13. The van der Waals surface area contributed by atoms with Crippen LogP contribution in [0.25, 0.3) is 0 Å². The molecule has 0 unspecified atom stereocenters. The Labute approximate surface area is 85.8 Å². The van der Waals surface area contributed by atoms with Gasteiger partial charge in [-0.15, -0.1) is 0 Å². The lowest BCUT2D eigenvalue weighted by molar-refractivity contribution is -0.127. The third kappa shape index (κ3) is 4.40. The zero-order valence-electron chi connectivity index (χ0n) is 9.56. The first-order valence-electron chi connectivity index (χ1n) is 4.90. The highest BCUT2D eigenvalue weighted by molar-refractivity contribution is 5.90. The predicted molar refractivity (Wildman–Crippen MR) is 56.6 cm³/mol. The second-order valence-corrected chi connectivity index (χ2v) is 4.40. The van der Waals surface area contributed by atoms with E-state index in [2.05, 4.69) is 27.4 Å². The molecule has 0 aromatic heterocycles. The molecule has 0 bridgehead atoms. The fourth-order valence-corrected chi connectivity index (χ4v) is 0.956. The van der Waals surface area contributed by atoms with Gasteiger partial charge in [0.2, 0.25) is 0 Å². The molecule has 0 aliphatic heterocycles. The van der Waals surface area contributed by atoms with E-state index in [1.807, 2.05) is 0 Å². The van der Waals surface area contributed by atoms with Gasteiger partial charge in [-0.05, 0) is 11.8 Å². The van der Waals surface area contributed by atoms with Crippen LogP contribution in [0.3, 0.4) is 0 Å². The van der Waals surface area contributed by atoms with Crippen molar-refractivity contribution in [1.29, 1.82) is 0 Å². The standard InChI is InChI=1S/C11H20FNO/c1-6-11(3,4)7-8-13(5)10(14)9(2)12/h2,6-8H2,1,3-5H3. The lowest BCUT2D eigenvalue weighted by atomic mass is 9.86. The number of amides is 1. The number of carbonyl (C=O) groups excluding carboxylic acids is 1. The van der Waals surface area contributed by atoms with Crippen LogP contribution in [0.1, 0.15) is 33.6 Å². The third-order valence-corrected chi connectivity index (χ3v) is 2.66. The summed E-state index contributed by atoms with van der Waals surface area (Å²) in [6, 6.07) is 0. The van der Waals surface area contributed by atoms with Gasteiger partial charge in [-0.25, -0.2) is 4.39 Å². The SMILES string of the molecule is C=C(F)C(=O)N(C)CCC(C)(C)CC. The average molecular weight is 201 g/mol. The molecule has 0 aromatic carbocycles. The molecule has 0 saturated carbocycles. The molecule has 0 rings (SSSR count). The van der Waals surface area contributed by atoms with E-state index in [0.29, 0.717) is 6.54 Å². The lowest BCUT2D eigenvalue weighted by Crippen LogP contribution is -2.30. The molecule has 0 spiro atoms. The second kappa shape index (κ2) is 5.13. The highest BCUT2D eigenvalue weighted by atomic mass is 19.1. The highest BCUT2D eigenvalue weighted by Gasteiger charge is 2.18. The summed E-state index contributed by atoms with van der Waals surface area (Å²) in [7, 11) is 1.60. The Balaban J connectivity index is 4.03. The summed E-state index contributed by atoms with van der Waals surface area (Å²) in [5.74, 6) is -1.50. The van der Waals surface area contributed by atoms with Crippen LogP contribution in [0.5, 0.6) is 0 Å². The summed E-state index contributed by atoms with van der Waals surface area (Å²) < 4.78 is 12.5. The molecule has 3 heteroatoms. The van der Waals surface area contributed by atoms with Crippen LogP contribution >= 0.6 is 0 Å². The van der Waals surface area contributed by atoms with E-state index in [1.165, 1.54) is 4.90 Å². The van der Waals surface area contributed by atoms with Gasteiger partial charge in [0, 0.05) is 13.6 Å². The maximum Gasteiger partial charge on any atom is 0.281 e. The molecule has 14 heavy (non-hydrogen) atoms. The molecule has 0 heterocycles. The quantitative estimate of drug-likeness (QED) is 0.626. The molecule has 82 valence electrons. The molecule has 1 amide bonds. The summed E-state index contributed by atoms with van der Waals surface area (Å²) in [5, 5.41) is 0. The number of rotatable bonds is 5. The second-order valence-electron chi connectivity index (χ2n) is 4.40. The largest absolute Gasteiger partial charge is 0.340 e. The van der Waals surface area contributed by atoms with Gasteiger partial charge in [0.1, 0.15) is 0 Å². The monoisotopic (exact) mass is 201 g/mol. The first-order chi connectivity index (χ1) is 6.30. The van der Waals surface area contributed by atoms with E-state index in [-0.39, 0.29) is 5.41 Å². The van der Waals surface area contributed by atoms with E-state index in [4.69, 9.17) is 0 Å². The Bertz CT molecular complexity index is 223. The van der Waals surface area contributed by atoms with Crippen molar-refractivity contribution in [2.75, 3.05) is 13.6 Å². The number of halogens is 1. The smallest absolute Gasteiger partial charge is 0.281 e. The van der Waals surface area contributed by atoms with Gasteiger partial charge in [0.05, 0.1) is 0 Å². The summed E-state index contributed by atoms with van der Waals surface area (Å²) in [5.41, 5.74) is 0.201. The van der Waals surface area contributed by atoms with Crippen molar-refractivity contribution >= 4 is 5.91 Å². The Kier molecular flexibility index (Phi) is 4.81. The summed E-state index contributed by atoms with van der Waals surface area (Å²) in [6.07, 6.45) is 1.92. The normalized spacial score (nSPS) is 11.2. The van der Waals surface area contributed by atoms with Crippen molar-refractivity contribution in [2.45, 2.75) is 33.6 Å². The molecule has 0 aromatic rings. The first-order valence-corrected chi connectivity index (χ1v) is 4.90. The predicted octanol–water partition coefficient (Wildman–Crippen LogP) is 2.75. The fraction of sp³-hybridized carbons (Fsp3) is 0.727. The lowest BCUT2D eigenvalue weighted by Gasteiger charge is -2.25. The Morgan fingerprint density at radius 2 is 2.00 bits per heavy atom. The first kappa shape index (κ1) is 13.1. The Hall–Kier alpha value is -0.860. The van der Waals surface area contributed by atoms with Crippen LogP contribution in [0.15, 0.2) is 12.4 Å². The molecule has 2 nitrogen and oxygen atoms in total. The Morgan fingerprint density at radius 1 is 1.50 bits per heavy atom. The van der Waals surface area contributed by atoms with Gasteiger partial charge in [-0.2, -0.15) is 0 Å². The molecular formula is C11H20FNO. The van der Waals surface area contributed by atoms with Gasteiger partial charge < -0.3 is 4.90 Å². The van der Waals surface area contributed by atoms with E-state index < -0.39 is 11.7 Å². The van der Waals surface area contributed by atoms with Gasteiger partial charge in [-0.1, -0.05) is 33.8 Å². The van der Waals surface area contributed by atoms with Crippen LogP contribution in [0, 0.1) is 5.41 Å². The minimum absolute atomic E-state index is 0.201. The van der Waals surface area contributed by atoms with E-state index in [1.54, 1.807) is 7.05 Å². The van der Waals surface area contributed by atoms with Crippen LogP contribution in [-0.4, -0.2) is 24.4 Å². The van der Waals surface area contributed by atoms with Crippen LogP contribution in [0.4, 0.5) is 4.39 Å². The molecule has 0 radical (unpaired) electrons. The molecule has 0 aliphatic rings. The number of hydrogen-bond donors (Lipinski definition) is 0. The maximum atomic E-state index is 12.5. The zero-order chi connectivity index (χ0) is 11.4. The van der Waals surface area contributed by atoms with Gasteiger partial charge >= 0.3 is 0 Å². The number of likely N-dealkylation sites (N-methyl/N-ethyl adjacent to an activating group) is 1. The summed E-state index contributed by atoms with van der Waals surface area (Å²) in [6.45, 7) is 9.93. The van der Waals surface area contributed by atoms with Gasteiger partial charge in [-0.3, -0.25) is 4.79 Å². The number of nitrogens with zero attached hydrogens (tertiary/aromatic N) is 1.